The van der Waals surface area contributed by atoms with Gasteiger partial charge < -0.3 is 4.42 Å². The van der Waals surface area contributed by atoms with E-state index < -0.39 is 0 Å². The molecule has 2 aromatic heterocycles. The maximum absolute atomic E-state index is 11.5. The van der Waals surface area contributed by atoms with Gasteiger partial charge in [-0.15, -0.1) is 0 Å². The van der Waals surface area contributed by atoms with Gasteiger partial charge in [0.1, 0.15) is 10.5 Å². The third-order valence-electron chi connectivity index (χ3n) is 3.64. The molecule has 0 saturated carbocycles. The summed E-state index contributed by atoms with van der Waals surface area (Å²) in [6, 6.07) is 17.3. The minimum absolute atomic E-state index is 0.483. The van der Waals surface area contributed by atoms with Crippen LogP contribution in [-0.2, 0) is 0 Å². The van der Waals surface area contributed by atoms with E-state index in [1.807, 2.05) is 61.5 Å². The van der Waals surface area contributed by atoms with Crippen LogP contribution in [0.25, 0.3) is 16.8 Å². The molecule has 118 valence electrons. The lowest BCUT2D eigenvalue weighted by atomic mass is 10.3. The first-order chi connectivity index (χ1) is 11.8. The first-order valence-corrected chi connectivity index (χ1v) is 8.21. The molecule has 2 aromatic carbocycles. The van der Waals surface area contributed by atoms with Crippen LogP contribution >= 0.6 is 11.8 Å². The van der Waals surface area contributed by atoms with E-state index in [-0.39, 0.29) is 0 Å². The third kappa shape index (κ3) is 2.51. The third-order valence-corrected chi connectivity index (χ3v) is 4.57. The van der Waals surface area contributed by atoms with Crippen molar-refractivity contribution in [3.63, 3.8) is 0 Å². The van der Waals surface area contributed by atoms with Crippen LogP contribution in [0.3, 0.4) is 0 Å². The van der Waals surface area contributed by atoms with Crippen LogP contribution in [0.1, 0.15) is 16.1 Å². The summed E-state index contributed by atoms with van der Waals surface area (Å²) in [5.41, 5.74) is 3.61. The summed E-state index contributed by atoms with van der Waals surface area (Å²) in [6.45, 7) is 1.82. The molecular weight excluding hydrogens is 322 g/mol. The van der Waals surface area contributed by atoms with Crippen LogP contribution in [0.2, 0.25) is 0 Å². The van der Waals surface area contributed by atoms with Crippen molar-refractivity contribution in [1.82, 2.24) is 14.8 Å². The molecule has 0 aliphatic rings. The average molecular weight is 335 g/mol. The highest BCUT2D eigenvalue weighted by Crippen LogP contribution is 2.34. The van der Waals surface area contributed by atoms with Gasteiger partial charge in [0.15, 0.2) is 11.9 Å². The smallest absolute Gasteiger partial charge is 0.263 e. The molecule has 2 heterocycles. The molecule has 4 aromatic rings. The summed E-state index contributed by atoms with van der Waals surface area (Å²) in [5.74, 6) is 0. The molecule has 5 nitrogen and oxygen atoms in total. The van der Waals surface area contributed by atoms with E-state index in [1.165, 1.54) is 11.8 Å². The van der Waals surface area contributed by atoms with Crippen molar-refractivity contribution >= 4 is 29.1 Å². The minimum Gasteiger partial charge on any atom is -0.431 e. The predicted molar refractivity (Wildman–Crippen MR) is 91.8 cm³/mol. The van der Waals surface area contributed by atoms with E-state index in [9.17, 15) is 4.79 Å². The van der Waals surface area contributed by atoms with Crippen molar-refractivity contribution in [2.75, 3.05) is 0 Å². The van der Waals surface area contributed by atoms with Crippen LogP contribution in [0.4, 0.5) is 0 Å². The fourth-order valence-corrected chi connectivity index (χ4v) is 3.45. The SMILES string of the molecule is Cc1nn(-c2ccccc2)c(Sc2nc3ccccc3o2)c1C=O. The van der Waals surface area contributed by atoms with E-state index in [4.69, 9.17) is 4.42 Å². The van der Waals surface area contributed by atoms with Gasteiger partial charge in [-0.05, 0) is 43.0 Å². The molecule has 0 amide bonds. The topological polar surface area (TPSA) is 60.9 Å². The van der Waals surface area contributed by atoms with Crippen molar-refractivity contribution < 1.29 is 9.21 Å². The van der Waals surface area contributed by atoms with Crippen molar-refractivity contribution in [2.24, 2.45) is 0 Å². The standard InChI is InChI=1S/C18H13N3O2S/c1-12-14(11-22)17(21(20-12)13-7-3-2-4-8-13)24-18-19-15-9-5-6-10-16(15)23-18/h2-11H,1H3. The predicted octanol–water partition coefficient (Wildman–Crippen LogP) is 4.29. The van der Waals surface area contributed by atoms with Crippen LogP contribution in [0.15, 0.2) is 69.3 Å². The van der Waals surface area contributed by atoms with Gasteiger partial charge in [0, 0.05) is 0 Å². The Morgan fingerprint density at radius 2 is 1.83 bits per heavy atom. The number of hydrogen-bond donors (Lipinski definition) is 0. The molecule has 0 spiro atoms. The number of oxazole rings is 1. The highest BCUT2D eigenvalue weighted by molar-refractivity contribution is 7.99. The molecule has 0 bridgehead atoms. The molecule has 0 aliphatic heterocycles. The van der Waals surface area contributed by atoms with E-state index in [0.29, 0.717) is 21.5 Å². The first kappa shape index (κ1) is 14.7. The van der Waals surface area contributed by atoms with Crippen LogP contribution in [0, 0.1) is 6.92 Å². The summed E-state index contributed by atoms with van der Waals surface area (Å²) in [5, 5.41) is 5.67. The number of hydrogen-bond acceptors (Lipinski definition) is 5. The molecule has 0 atom stereocenters. The molecule has 0 N–H and O–H groups in total. The van der Waals surface area contributed by atoms with Gasteiger partial charge in [-0.25, -0.2) is 9.67 Å². The molecule has 0 radical (unpaired) electrons. The Morgan fingerprint density at radius 1 is 1.08 bits per heavy atom. The molecule has 6 heteroatoms. The van der Waals surface area contributed by atoms with Gasteiger partial charge in [-0.2, -0.15) is 5.10 Å². The number of benzene rings is 2. The number of nitrogens with zero attached hydrogens (tertiary/aromatic N) is 3. The van der Waals surface area contributed by atoms with Crippen molar-refractivity contribution in [3.05, 3.63) is 65.9 Å². The van der Waals surface area contributed by atoms with Gasteiger partial charge in [-0.3, -0.25) is 4.79 Å². The van der Waals surface area contributed by atoms with Gasteiger partial charge in [0.25, 0.3) is 5.22 Å². The second kappa shape index (κ2) is 5.98. The number of aromatic nitrogens is 3. The molecule has 0 fully saturated rings. The Bertz CT molecular complexity index is 988. The number of aryl methyl sites for hydroxylation is 1. The summed E-state index contributed by atoms with van der Waals surface area (Å²) in [7, 11) is 0. The number of rotatable bonds is 4. The molecule has 24 heavy (non-hydrogen) atoms. The zero-order valence-corrected chi connectivity index (χ0v) is 13.7. The summed E-state index contributed by atoms with van der Waals surface area (Å²) in [6.07, 6.45) is 0.826. The molecule has 0 unspecified atom stereocenters. The summed E-state index contributed by atoms with van der Waals surface area (Å²) >= 11 is 1.30. The molecule has 0 aliphatic carbocycles. The Kier molecular flexibility index (Phi) is 3.66. The fourth-order valence-electron chi connectivity index (χ4n) is 2.47. The number of aldehydes is 1. The Balaban J connectivity index is 1.83. The maximum Gasteiger partial charge on any atom is 0.263 e. The van der Waals surface area contributed by atoms with Crippen molar-refractivity contribution in [1.29, 1.82) is 0 Å². The zero-order chi connectivity index (χ0) is 16.5. The summed E-state index contributed by atoms with van der Waals surface area (Å²) in [4.78, 5) is 16.0. The normalized spacial score (nSPS) is 11.0. The lowest BCUT2D eigenvalue weighted by Gasteiger charge is -2.05. The average Bonchev–Trinajstić information content (AvgIpc) is 3.16. The van der Waals surface area contributed by atoms with E-state index in [1.54, 1.807) is 4.68 Å². The second-order valence-corrected chi connectivity index (χ2v) is 6.16. The van der Waals surface area contributed by atoms with Gasteiger partial charge in [0.2, 0.25) is 0 Å². The van der Waals surface area contributed by atoms with Gasteiger partial charge in [-0.1, -0.05) is 30.3 Å². The van der Waals surface area contributed by atoms with Crippen LogP contribution in [0.5, 0.6) is 0 Å². The number of carbonyl (C=O) groups is 1. The van der Waals surface area contributed by atoms with E-state index >= 15 is 0 Å². The second-order valence-electron chi connectivity index (χ2n) is 5.22. The Morgan fingerprint density at radius 3 is 2.58 bits per heavy atom. The summed E-state index contributed by atoms with van der Waals surface area (Å²) < 4.78 is 7.52. The van der Waals surface area contributed by atoms with Crippen molar-refractivity contribution in [3.8, 4) is 5.69 Å². The highest BCUT2D eigenvalue weighted by Gasteiger charge is 2.19. The Hall–Kier alpha value is -2.86. The molecule has 4 rings (SSSR count). The quantitative estimate of drug-likeness (QED) is 0.521. The number of carbonyl (C=O) groups excluding carboxylic acids is 1. The lowest BCUT2D eigenvalue weighted by Crippen LogP contribution is -1.98. The molecule has 0 saturated heterocycles. The highest BCUT2D eigenvalue weighted by atomic mass is 32.2. The number of para-hydroxylation sites is 3. The van der Waals surface area contributed by atoms with Crippen LogP contribution in [-0.4, -0.2) is 21.1 Å². The van der Waals surface area contributed by atoms with E-state index in [2.05, 4.69) is 10.1 Å². The molecular formula is C18H13N3O2S. The van der Waals surface area contributed by atoms with Crippen LogP contribution < -0.4 is 0 Å². The van der Waals surface area contributed by atoms with Crippen molar-refractivity contribution in [2.45, 2.75) is 17.2 Å². The van der Waals surface area contributed by atoms with Gasteiger partial charge in [0.05, 0.1) is 16.9 Å². The zero-order valence-electron chi connectivity index (χ0n) is 12.8. The van der Waals surface area contributed by atoms with E-state index in [0.717, 1.165) is 23.1 Å². The fraction of sp³-hybridized carbons (Fsp3) is 0.0556. The maximum atomic E-state index is 11.5. The lowest BCUT2D eigenvalue weighted by molar-refractivity contribution is 0.112. The first-order valence-electron chi connectivity index (χ1n) is 7.40. The monoisotopic (exact) mass is 335 g/mol. The largest absolute Gasteiger partial charge is 0.431 e. The van der Waals surface area contributed by atoms with Gasteiger partial charge >= 0.3 is 0 Å². The number of fused-ring (bicyclic) bond motifs is 1. The minimum atomic E-state index is 0.483. The Labute approximate surface area is 142 Å².